The number of hydrogen-bond donors (Lipinski definition) is 0. The van der Waals surface area contributed by atoms with Gasteiger partial charge in [0.05, 0.1) is 18.0 Å². The Morgan fingerprint density at radius 2 is 1.79 bits per heavy atom. The van der Waals surface area contributed by atoms with Crippen LogP contribution in [0.3, 0.4) is 0 Å². The lowest BCUT2D eigenvalue weighted by Gasteiger charge is -2.45. The van der Waals surface area contributed by atoms with E-state index >= 15 is 0 Å². The lowest BCUT2D eigenvalue weighted by atomic mass is 9.91. The van der Waals surface area contributed by atoms with Gasteiger partial charge < -0.3 is 14.1 Å². The van der Waals surface area contributed by atoms with Gasteiger partial charge in [0, 0.05) is 25.6 Å². The Hall–Kier alpha value is -2.19. The molecule has 0 bridgehead atoms. The Morgan fingerprint density at radius 1 is 1.12 bits per heavy atom. The van der Waals surface area contributed by atoms with Crippen LogP contribution in [0.2, 0.25) is 18.1 Å². The first-order valence-corrected chi connectivity index (χ1v) is 15.3. The molecular formula is C26H42N4O3Si. The van der Waals surface area contributed by atoms with Crippen LogP contribution >= 0.6 is 0 Å². The van der Waals surface area contributed by atoms with Crippen LogP contribution in [-0.2, 0) is 22.1 Å². The number of likely N-dealkylation sites (tertiary alicyclic amines) is 1. The molecule has 188 valence electrons. The molecule has 1 aliphatic heterocycles. The third kappa shape index (κ3) is 6.69. The van der Waals surface area contributed by atoms with E-state index in [1.165, 1.54) is 5.56 Å². The quantitative estimate of drug-likeness (QED) is 0.495. The number of hydrogen-bond acceptors (Lipinski definition) is 5. The van der Waals surface area contributed by atoms with Gasteiger partial charge in [0.15, 0.2) is 8.32 Å². The summed E-state index contributed by atoms with van der Waals surface area (Å²) in [7, 11) is -2.08. The predicted octanol–water partition coefficient (Wildman–Crippen LogP) is 5.64. The Balaban J connectivity index is 1.82. The summed E-state index contributed by atoms with van der Waals surface area (Å²) in [6.45, 7) is 18.9. The number of carbonyl (C=O) groups excluding carboxylic acids is 1. The van der Waals surface area contributed by atoms with Gasteiger partial charge >= 0.3 is 6.09 Å². The van der Waals surface area contributed by atoms with Crippen LogP contribution < -0.4 is 0 Å². The van der Waals surface area contributed by atoms with Crippen molar-refractivity contribution in [2.24, 2.45) is 0 Å². The third-order valence-electron chi connectivity index (χ3n) is 6.95. The van der Waals surface area contributed by atoms with Crippen molar-refractivity contribution >= 4 is 14.4 Å². The minimum atomic E-state index is -2.08. The highest BCUT2D eigenvalue weighted by molar-refractivity contribution is 6.74. The molecular weight excluding hydrogens is 444 g/mol. The second kappa shape index (κ2) is 10.2. The summed E-state index contributed by atoms with van der Waals surface area (Å²) in [4.78, 5) is 14.7. The van der Waals surface area contributed by atoms with Gasteiger partial charge in [0.25, 0.3) is 0 Å². The number of nitrogens with zero attached hydrogens (tertiary/aromatic N) is 4. The number of amides is 1. The van der Waals surface area contributed by atoms with Gasteiger partial charge in [-0.15, -0.1) is 5.10 Å². The molecule has 0 unspecified atom stereocenters. The van der Waals surface area contributed by atoms with E-state index in [-0.39, 0.29) is 23.2 Å². The van der Waals surface area contributed by atoms with Gasteiger partial charge in [-0.2, -0.15) is 0 Å². The summed E-state index contributed by atoms with van der Waals surface area (Å²) in [5, 5.41) is 8.73. The summed E-state index contributed by atoms with van der Waals surface area (Å²) in [5.74, 6) is 0.124. The number of piperidine rings is 1. The van der Waals surface area contributed by atoms with Gasteiger partial charge in [0.2, 0.25) is 0 Å². The second-order valence-corrected chi connectivity index (χ2v) is 16.6. The zero-order chi connectivity index (χ0) is 25.1. The summed E-state index contributed by atoms with van der Waals surface area (Å²) < 4.78 is 14.6. The van der Waals surface area contributed by atoms with Crippen molar-refractivity contribution in [1.82, 2.24) is 19.9 Å². The fourth-order valence-corrected chi connectivity index (χ4v) is 5.38. The van der Waals surface area contributed by atoms with Crippen molar-refractivity contribution in [3.05, 3.63) is 47.8 Å². The van der Waals surface area contributed by atoms with E-state index in [0.29, 0.717) is 13.1 Å². The van der Waals surface area contributed by atoms with Gasteiger partial charge in [-0.1, -0.05) is 56.3 Å². The highest BCUT2D eigenvalue weighted by Crippen LogP contribution is 2.41. The second-order valence-electron chi connectivity index (χ2n) is 11.9. The maximum atomic E-state index is 12.9. The van der Waals surface area contributed by atoms with Gasteiger partial charge in [-0.25, -0.2) is 9.48 Å². The molecule has 0 saturated carbocycles. The SMILES string of the molecule is CC(C)(C)OC(=O)N1CC[C@H](c2cnnn2CCc2ccccc2)[C@@H](O[Si](C)(C)C(C)(C)C)C1. The molecule has 7 nitrogen and oxygen atoms in total. The fraction of sp³-hybridized carbons (Fsp3) is 0.654. The highest BCUT2D eigenvalue weighted by Gasteiger charge is 2.44. The van der Waals surface area contributed by atoms with Crippen molar-refractivity contribution in [1.29, 1.82) is 0 Å². The number of ether oxygens (including phenoxy) is 1. The molecule has 2 aromatic rings. The highest BCUT2D eigenvalue weighted by atomic mass is 28.4. The van der Waals surface area contributed by atoms with Crippen molar-refractivity contribution in [3.63, 3.8) is 0 Å². The number of benzene rings is 1. The van der Waals surface area contributed by atoms with Gasteiger partial charge in [-0.3, -0.25) is 0 Å². The van der Waals surface area contributed by atoms with Crippen LogP contribution in [-0.4, -0.2) is 59.1 Å². The van der Waals surface area contributed by atoms with Crippen molar-refractivity contribution in [3.8, 4) is 0 Å². The molecule has 1 aliphatic rings. The molecule has 1 saturated heterocycles. The monoisotopic (exact) mass is 486 g/mol. The molecule has 2 atom stereocenters. The van der Waals surface area contributed by atoms with E-state index < -0.39 is 13.9 Å². The molecule has 1 aromatic carbocycles. The average molecular weight is 487 g/mol. The number of rotatable bonds is 6. The smallest absolute Gasteiger partial charge is 0.410 e. The zero-order valence-electron chi connectivity index (χ0n) is 22.2. The van der Waals surface area contributed by atoms with Crippen LogP contribution in [0.1, 0.15) is 65.1 Å². The number of aryl methyl sites for hydroxylation is 2. The molecule has 0 radical (unpaired) electrons. The van der Waals surface area contributed by atoms with E-state index in [1.807, 2.05) is 37.7 Å². The molecule has 3 rings (SSSR count). The first-order valence-electron chi connectivity index (χ1n) is 12.3. The Labute approximate surface area is 205 Å². The maximum Gasteiger partial charge on any atom is 0.410 e. The van der Waals surface area contributed by atoms with E-state index in [9.17, 15) is 4.79 Å². The normalized spacial score (nSPS) is 19.8. The lowest BCUT2D eigenvalue weighted by molar-refractivity contribution is 0.000320. The maximum absolute atomic E-state index is 12.9. The zero-order valence-corrected chi connectivity index (χ0v) is 23.2. The average Bonchev–Trinajstić information content (AvgIpc) is 3.19. The van der Waals surface area contributed by atoms with Crippen molar-refractivity contribution in [2.45, 2.75) is 96.7 Å². The molecule has 8 heteroatoms. The molecule has 0 N–H and O–H groups in total. The number of aromatic nitrogens is 3. The molecule has 0 spiro atoms. The molecule has 1 aromatic heterocycles. The summed E-state index contributed by atoms with van der Waals surface area (Å²) in [6, 6.07) is 10.4. The molecule has 2 heterocycles. The topological polar surface area (TPSA) is 69.5 Å². The molecule has 34 heavy (non-hydrogen) atoms. The van der Waals surface area contributed by atoms with Gasteiger partial charge in [-0.05, 0) is 57.3 Å². The van der Waals surface area contributed by atoms with Crippen LogP contribution in [0.15, 0.2) is 36.5 Å². The van der Waals surface area contributed by atoms with Gasteiger partial charge in [0.1, 0.15) is 5.60 Å². The summed E-state index contributed by atoms with van der Waals surface area (Å²) >= 11 is 0. The van der Waals surface area contributed by atoms with Crippen LogP contribution in [0.25, 0.3) is 0 Å². The lowest BCUT2D eigenvalue weighted by Crippen LogP contribution is -2.53. The standard InChI is InChI=1S/C26H42N4O3Si/c1-25(2,3)32-24(31)29-16-15-21(23(19-29)33-34(7,8)26(4,5)6)22-18-27-28-30(22)17-14-20-12-10-9-11-13-20/h9-13,18,21,23H,14-17,19H2,1-8H3/t21-,23+/m1/s1. The van der Waals surface area contributed by atoms with E-state index in [4.69, 9.17) is 9.16 Å². The minimum Gasteiger partial charge on any atom is -0.444 e. The van der Waals surface area contributed by atoms with Crippen LogP contribution in [0.5, 0.6) is 0 Å². The van der Waals surface area contributed by atoms with E-state index in [2.05, 4.69) is 68.4 Å². The predicted molar refractivity (Wildman–Crippen MR) is 137 cm³/mol. The minimum absolute atomic E-state index is 0.0670. The van der Waals surface area contributed by atoms with Crippen molar-refractivity contribution < 1.29 is 14.0 Å². The largest absolute Gasteiger partial charge is 0.444 e. The Kier molecular flexibility index (Phi) is 7.92. The summed E-state index contributed by atoms with van der Waals surface area (Å²) in [5.41, 5.74) is 1.84. The first kappa shape index (κ1) is 26.4. The Morgan fingerprint density at radius 3 is 2.41 bits per heavy atom. The molecule has 0 aliphatic carbocycles. The van der Waals surface area contributed by atoms with E-state index in [0.717, 1.165) is 25.1 Å². The van der Waals surface area contributed by atoms with Crippen LogP contribution in [0, 0.1) is 0 Å². The molecule has 1 fully saturated rings. The van der Waals surface area contributed by atoms with Crippen molar-refractivity contribution in [2.75, 3.05) is 13.1 Å². The number of carbonyl (C=O) groups is 1. The molecule has 1 amide bonds. The fourth-order valence-electron chi connectivity index (χ4n) is 4.03. The third-order valence-corrected chi connectivity index (χ3v) is 11.5. The van der Waals surface area contributed by atoms with E-state index in [1.54, 1.807) is 4.90 Å². The first-order chi connectivity index (χ1) is 15.8. The van der Waals surface area contributed by atoms with Crippen LogP contribution in [0.4, 0.5) is 4.79 Å². The Bertz CT molecular complexity index is 947. The summed E-state index contributed by atoms with van der Waals surface area (Å²) in [6.07, 6.45) is 3.15.